The van der Waals surface area contributed by atoms with Crippen LogP contribution in [-0.2, 0) is 38.0 Å². The predicted octanol–water partition coefficient (Wildman–Crippen LogP) is 1.79. The number of aliphatic hydroxyl groups excluding tert-OH is 3. The molecule has 3 rings (SSSR count). The maximum Gasteiger partial charge on any atom is 0.311 e. The van der Waals surface area contributed by atoms with Gasteiger partial charge in [-0.05, 0) is 74.9 Å². The fourth-order valence-electron chi connectivity index (χ4n) is 8.41. The Kier molecular flexibility index (Phi) is 14.7. The highest BCUT2D eigenvalue weighted by Gasteiger charge is 2.53. The average Bonchev–Trinajstić information content (AvgIpc) is 3.05. The molecular formula is C37H67NO13. The van der Waals surface area contributed by atoms with Crippen LogP contribution in [0, 0.1) is 23.7 Å². The first-order chi connectivity index (χ1) is 23.4. The molecule has 0 saturated carbocycles. The number of ether oxygens (including phenoxy) is 6. The summed E-state index contributed by atoms with van der Waals surface area (Å²) in [5.41, 5.74) is -4.84. The van der Waals surface area contributed by atoms with E-state index in [-0.39, 0.29) is 31.4 Å². The minimum absolute atomic E-state index is 0.0936. The molecule has 5 N–H and O–H groups in total. The van der Waals surface area contributed by atoms with Gasteiger partial charge in [0.15, 0.2) is 12.6 Å². The van der Waals surface area contributed by atoms with Crippen molar-refractivity contribution in [2.75, 3.05) is 21.2 Å². The molecule has 3 aliphatic rings. The van der Waals surface area contributed by atoms with Gasteiger partial charge in [0.1, 0.15) is 29.7 Å². The number of carbonyl (C=O) groups excluding carboxylic acids is 2. The third-order valence-electron chi connectivity index (χ3n) is 11.8. The number of aliphatic hydroxyl groups is 5. The number of hydrogen-bond acceptors (Lipinski definition) is 14. The molecule has 298 valence electrons. The van der Waals surface area contributed by atoms with Gasteiger partial charge in [-0.2, -0.15) is 0 Å². The van der Waals surface area contributed by atoms with Crippen molar-refractivity contribution in [3.63, 3.8) is 0 Å². The number of rotatable bonds is 7. The molecule has 14 heteroatoms. The second kappa shape index (κ2) is 17.0. The Labute approximate surface area is 304 Å². The summed E-state index contributed by atoms with van der Waals surface area (Å²) in [6.45, 7) is 16.3. The number of Topliss-reactive ketones (excluding diaryl/α,β-unsaturated/α-hetero) is 1. The Morgan fingerprint density at radius 3 is 2.04 bits per heavy atom. The van der Waals surface area contributed by atoms with Crippen LogP contribution in [0.1, 0.15) is 94.9 Å². The van der Waals surface area contributed by atoms with Crippen molar-refractivity contribution < 1.29 is 63.5 Å². The number of ketones is 1. The van der Waals surface area contributed by atoms with Gasteiger partial charge in [-0.15, -0.1) is 0 Å². The van der Waals surface area contributed by atoms with E-state index in [0.29, 0.717) is 6.42 Å². The lowest BCUT2D eigenvalue weighted by Crippen LogP contribution is -2.61. The van der Waals surface area contributed by atoms with Gasteiger partial charge >= 0.3 is 5.97 Å². The summed E-state index contributed by atoms with van der Waals surface area (Å²) in [6, 6.07) is -0.324. The molecule has 3 aliphatic heterocycles. The minimum atomic E-state index is -1.99. The molecule has 0 bridgehead atoms. The topological polar surface area (TPSA) is 194 Å². The maximum absolute atomic E-state index is 14.1. The lowest BCUT2D eigenvalue weighted by atomic mass is 9.74. The van der Waals surface area contributed by atoms with E-state index in [4.69, 9.17) is 28.4 Å². The molecule has 0 spiro atoms. The number of nitrogens with zero attached hydrogens (tertiary/aromatic N) is 1. The second-order valence-electron chi connectivity index (χ2n) is 16.5. The number of likely N-dealkylation sites (N-methyl/N-ethyl adjacent to an activating group) is 1. The minimum Gasteiger partial charge on any atom is -0.459 e. The molecule has 14 nitrogen and oxygen atoms in total. The molecule has 3 saturated heterocycles. The largest absolute Gasteiger partial charge is 0.459 e. The molecule has 18 atom stereocenters. The molecule has 0 aromatic heterocycles. The number of methoxy groups -OCH3 is 1. The van der Waals surface area contributed by atoms with Crippen LogP contribution in [-0.4, -0.2) is 148 Å². The standard InChI is InChI=1S/C37H67NO13/c1-14-25-37(10,45)30(41)20(4)27(39)18(2)16-35(8,44)32(51-34-28(40)24(38(11)12)15-19(3)47-34)21(5)29(22(6)33(43)49-25)50-26-17-36(9,46-13)31(42)23(7)48-26/h18-26,28-32,34,40-42,44-45H,14-17H2,1-13H3/t18-,19-,20+,21+,22-,23+,24+,25-,26?,28-,29+,30-,31+,32?,34?,35-,36-,37-/m1/s1. The molecule has 0 amide bonds. The third kappa shape index (κ3) is 9.51. The van der Waals surface area contributed by atoms with E-state index in [2.05, 4.69) is 0 Å². The van der Waals surface area contributed by atoms with Crippen molar-refractivity contribution in [1.29, 1.82) is 0 Å². The van der Waals surface area contributed by atoms with E-state index in [1.807, 2.05) is 25.9 Å². The van der Waals surface area contributed by atoms with Crippen molar-refractivity contribution in [1.82, 2.24) is 4.90 Å². The number of cyclic esters (lactones) is 1. The van der Waals surface area contributed by atoms with E-state index in [0.717, 1.165) is 0 Å². The van der Waals surface area contributed by atoms with Crippen LogP contribution in [0.3, 0.4) is 0 Å². The highest BCUT2D eigenvalue weighted by molar-refractivity contribution is 5.83. The van der Waals surface area contributed by atoms with Crippen LogP contribution in [0.25, 0.3) is 0 Å². The molecule has 3 fully saturated rings. The third-order valence-corrected chi connectivity index (χ3v) is 11.8. The summed E-state index contributed by atoms with van der Waals surface area (Å²) in [4.78, 5) is 29.8. The zero-order valence-electron chi connectivity index (χ0n) is 32.9. The Morgan fingerprint density at radius 2 is 1.49 bits per heavy atom. The van der Waals surface area contributed by atoms with E-state index >= 15 is 0 Å². The number of esters is 1. The Bertz CT molecular complexity index is 1170. The van der Waals surface area contributed by atoms with Crippen LogP contribution in [0.2, 0.25) is 0 Å². The quantitative estimate of drug-likeness (QED) is 0.238. The van der Waals surface area contributed by atoms with Gasteiger partial charge in [0.05, 0.1) is 47.6 Å². The fraction of sp³-hybridized carbons (Fsp3) is 0.946. The van der Waals surface area contributed by atoms with Gasteiger partial charge in [-0.3, -0.25) is 9.59 Å². The van der Waals surface area contributed by atoms with Crippen LogP contribution in [0.5, 0.6) is 0 Å². The Hall–Kier alpha value is -1.30. The molecule has 0 radical (unpaired) electrons. The highest BCUT2D eigenvalue weighted by Crippen LogP contribution is 2.40. The summed E-state index contributed by atoms with van der Waals surface area (Å²) in [5, 5.41) is 57.6. The van der Waals surface area contributed by atoms with Crippen LogP contribution in [0.4, 0.5) is 0 Å². The van der Waals surface area contributed by atoms with Gasteiger partial charge in [0.25, 0.3) is 0 Å². The van der Waals surface area contributed by atoms with Crippen LogP contribution in [0.15, 0.2) is 0 Å². The predicted molar refractivity (Wildman–Crippen MR) is 186 cm³/mol. The average molecular weight is 734 g/mol. The smallest absolute Gasteiger partial charge is 0.311 e. The van der Waals surface area contributed by atoms with Crippen molar-refractivity contribution in [3.8, 4) is 0 Å². The van der Waals surface area contributed by atoms with E-state index in [9.17, 15) is 35.1 Å². The van der Waals surface area contributed by atoms with Crippen molar-refractivity contribution in [2.24, 2.45) is 23.7 Å². The summed E-state index contributed by atoms with van der Waals surface area (Å²) in [5.74, 6) is -4.98. The summed E-state index contributed by atoms with van der Waals surface area (Å²) in [7, 11) is 5.18. The van der Waals surface area contributed by atoms with Gasteiger partial charge in [0, 0.05) is 37.3 Å². The summed E-state index contributed by atoms with van der Waals surface area (Å²) < 4.78 is 37.1. The number of hydrogen-bond donors (Lipinski definition) is 5. The zero-order chi connectivity index (χ0) is 39.0. The summed E-state index contributed by atoms with van der Waals surface area (Å²) in [6.07, 6.45) is -9.71. The first-order valence-electron chi connectivity index (χ1n) is 18.5. The molecule has 0 aromatic carbocycles. The fourth-order valence-corrected chi connectivity index (χ4v) is 8.41. The molecule has 0 aromatic rings. The Morgan fingerprint density at radius 1 is 0.882 bits per heavy atom. The van der Waals surface area contributed by atoms with Crippen molar-refractivity contribution in [3.05, 3.63) is 0 Å². The molecule has 51 heavy (non-hydrogen) atoms. The van der Waals surface area contributed by atoms with Gasteiger partial charge in [-0.1, -0.05) is 27.7 Å². The lowest BCUT2D eigenvalue weighted by molar-refractivity contribution is -0.318. The first-order valence-corrected chi connectivity index (χ1v) is 18.5. The van der Waals surface area contributed by atoms with Gasteiger partial charge in [-0.25, -0.2) is 0 Å². The van der Waals surface area contributed by atoms with E-state index in [1.165, 1.54) is 27.9 Å². The zero-order valence-corrected chi connectivity index (χ0v) is 32.9. The van der Waals surface area contributed by atoms with Gasteiger partial charge < -0.3 is 58.9 Å². The van der Waals surface area contributed by atoms with Crippen LogP contribution >= 0.6 is 0 Å². The number of carbonyl (C=O) groups is 2. The van der Waals surface area contributed by atoms with E-state index < -0.39 is 108 Å². The summed E-state index contributed by atoms with van der Waals surface area (Å²) >= 11 is 0. The van der Waals surface area contributed by atoms with Crippen molar-refractivity contribution >= 4 is 11.8 Å². The molecular weight excluding hydrogens is 666 g/mol. The second-order valence-corrected chi connectivity index (χ2v) is 16.5. The normalized spacial score (nSPS) is 49.7. The van der Waals surface area contributed by atoms with E-state index in [1.54, 1.807) is 41.5 Å². The molecule has 3 heterocycles. The SMILES string of the molecule is CC[C@H]1OC(=O)[C@H](C)[C@@H](OC2C[C@@](C)(OC)[C@@H](O)[C@H](C)O2)[C@H](C)C(OC2O[C@H](C)C[C@H](N(C)C)[C@H]2O)[C@](C)(O)C[C@@H](C)C(=O)[C@H](C)[C@@H](O)[C@]1(C)O. The first kappa shape index (κ1) is 44.1. The molecule has 0 aliphatic carbocycles. The van der Waals surface area contributed by atoms with Gasteiger partial charge in [0.2, 0.25) is 0 Å². The maximum atomic E-state index is 14.1. The van der Waals surface area contributed by atoms with Crippen LogP contribution < -0.4 is 0 Å². The Balaban J connectivity index is 2.18. The highest BCUT2D eigenvalue weighted by atomic mass is 16.7. The monoisotopic (exact) mass is 733 g/mol. The lowest BCUT2D eigenvalue weighted by Gasteiger charge is -2.49. The van der Waals surface area contributed by atoms with Crippen molar-refractivity contribution in [2.45, 2.75) is 179 Å². The molecule has 3 unspecified atom stereocenters.